The van der Waals surface area contributed by atoms with Gasteiger partial charge in [0.05, 0.1) is 11.7 Å². The highest BCUT2D eigenvalue weighted by molar-refractivity contribution is 9.09. The van der Waals surface area contributed by atoms with Gasteiger partial charge in [0.2, 0.25) is 0 Å². The molecule has 1 spiro atoms. The average molecular weight is 289 g/mol. The Morgan fingerprint density at radius 1 is 1.25 bits per heavy atom. The molecule has 0 aromatic heterocycles. The van der Waals surface area contributed by atoms with Crippen LogP contribution in [0.2, 0.25) is 0 Å². The zero-order valence-corrected chi connectivity index (χ0v) is 12.3. The van der Waals surface area contributed by atoms with E-state index in [1.165, 1.54) is 51.4 Å². The standard InChI is InChI=1S/C14H25BrO/c1-11(2)13(15)6-5-12-7-10-14(16-12)8-3-4-9-14/h11-13H,3-10H2,1-2H3. The van der Waals surface area contributed by atoms with Crippen molar-refractivity contribution in [2.24, 2.45) is 5.92 Å². The quantitative estimate of drug-likeness (QED) is 0.683. The van der Waals surface area contributed by atoms with Gasteiger partial charge in [-0.25, -0.2) is 0 Å². The van der Waals surface area contributed by atoms with Crippen molar-refractivity contribution in [3.63, 3.8) is 0 Å². The molecule has 1 aliphatic heterocycles. The number of ether oxygens (including phenoxy) is 1. The van der Waals surface area contributed by atoms with Crippen LogP contribution < -0.4 is 0 Å². The summed E-state index contributed by atoms with van der Waals surface area (Å²) in [5, 5.41) is 0. The van der Waals surface area contributed by atoms with E-state index in [9.17, 15) is 0 Å². The van der Waals surface area contributed by atoms with Crippen LogP contribution in [0.5, 0.6) is 0 Å². The van der Waals surface area contributed by atoms with Crippen LogP contribution in [0.25, 0.3) is 0 Å². The summed E-state index contributed by atoms with van der Waals surface area (Å²) in [6.45, 7) is 4.57. The van der Waals surface area contributed by atoms with E-state index in [1.807, 2.05) is 0 Å². The fourth-order valence-electron chi connectivity index (χ4n) is 3.16. The fraction of sp³-hybridized carbons (Fsp3) is 1.00. The van der Waals surface area contributed by atoms with Crippen molar-refractivity contribution in [3.8, 4) is 0 Å². The summed E-state index contributed by atoms with van der Waals surface area (Å²) >= 11 is 3.77. The Hall–Kier alpha value is 0.440. The van der Waals surface area contributed by atoms with Crippen LogP contribution in [-0.2, 0) is 4.74 Å². The van der Waals surface area contributed by atoms with Gasteiger partial charge in [-0.05, 0) is 44.4 Å². The molecule has 1 aliphatic carbocycles. The number of rotatable bonds is 4. The van der Waals surface area contributed by atoms with Gasteiger partial charge in [0.15, 0.2) is 0 Å². The topological polar surface area (TPSA) is 9.23 Å². The Bertz CT molecular complexity index is 221. The third-order valence-electron chi connectivity index (χ3n) is 4.34. The van der Waals surface area contributed by atoms with Crippen LogP contribution >= 0.6 is 15.9 Å². The molecule has 2 heteroatoms. The van der Waals surface area contributed by atoms with Crippen molar-refractivity contribution < 1.29 is 4.74 Å². The summed E-state index contributed by atoms with van der Waals surface area (Å²) in [5.74, 6) is 0.738. The molecule has 0 amide bonds. The maximum Gasteiger partial charge on any atom is 0.0687 e. The molecule has 16 heavy (non-hydrogen) atoms. The minimum absolute atomic E-state index is 0.324. The van der Waals surface area contributed by atoms with Gasteiger partial charge in [-0.15, -0.1) is 0 Å². The van der Waals surface area contributed by atoms with Crippen molar-refractivity contribution >= 4 is 15.9 Å². The lowest BCUT2D eigenvalue weighted by atomic mass is 9.97. The Kier molecular flexibility index (Phi) is 4.34. The summed E-state index contributed by atoms with van der Waals surface area (Å²) in [6.07, 6.45) is 11.1. The van der Waals surface area contributed by atoms with Crippen molar-refractivity contribution in [2.75, 3.05) is 0 Å². The van der Waals surface area contributed by atoms with E-state index in [0.29, 0.717) is 16.5 Å². The van der Waals surface area contributed by atoms with E-state index < -0.39 is 0 Å². The number of halogens is 1. The largest absolute Gasteiger partial charge is 0.372 e. The van der Waals surface area contributed by atoms with Crippen LogP contribution in [0.3, 0.4) is 0 Å². The van der Waals surface area contributed by atoms with Crippen LogP contribution in [-0.4, -0.2) is 16.5 Å². The highest BCUT2D eigenvalue weighted by atomic mass is 79.9. The fourth-order valence-corrected chi connectivity index (χ4v) is 3.43. The summed E-state index contributed by atoms with van der Waals surface area (Å²) in [4.78, 5) is 0.663. The second-order valence-corrected chi connectivity index (χ2v) is 7.18. The normalized spacial score (nSPS) is 30.4. The first-order valence-electron chi connectivity index (χ1n) is 6.93. The molecule has 94 valence electrons. The maximum atomic E-state index is 6.32. The highest BCUT2D eigenvalue weighted by Gasteiger charge is 2.41. The molecule has 2 atom stereocenters. The molecular weight excluding hydrogens is 264 g/mol. The van der Waals surface area contributed by atoms with Crippen molar-refractivity contribution in [1.29, 1.82) is 0 Å². The van der Waals surface area contributed by atoms with E-state index in [4.69, 9.17) is 4.74 Å². The number of hydrogen-bond acceptors (Lipinski definition) is 1. The van der Waals surface area contributed by atoms with Gasteiger partial charge in [0.1, 0.15) is 0 Å². The molecule has 1 saturated heterocycles. The van der Waals surface area contributed by atoms with E-state index >= 15 is 0 Å². The first kappa shape index (κ1) is 12.9. The number of hydrogen-bond donors (Lipinski definition) is 0. The van der Waals surface area contributed by atoms with E-state index in [0.717, 1.165) is 5.92 Å². The Balaban J connectivity index is 1.72. The van der Waals surface area contributed by atoms with Crippen molar-refractivity contribution in [3.05, 3.63) is 0 Å². The summed E-state index contributed by atoms with van der Waals surface area (Å²) in [7, 11) is 0. The molecule has 2 fully saturated rings. The average Bonchev–Trinajstić information content (AvgIpc) is 2.86. The molecule has 1 nitrogen and oxygen atoms in total. The summed E-state index contributed by atoms with van der Waals surface area (Å²) in [5.41, 5.74) is 0.324. The monoisotopic (exact) mass is 288 g/mol. The highest BCUT2D eigenvalue weighted by Crippen LogP contribution is 2.44. The molecule has 2 unspecified atom stereocenters. The van der Waals surface area contributed by atoms with Gasteiger partial charge in [0.25, 0.3) is 0 Å². The van der Waals surface area contributed by atoms with Gasteiger partial charge < -0.3 is 4.74 Å². The second-order valence-electron chi connectivity index (χ2n) is 6.01. The molecule has 0 bridgehead atoms. The smallest absolute Gasteiger partial charge is 0.0687 e. The van der Waals surface area contributed by atoms with E-state index in [-0.39, 0.29) is 0 Å². The zero-order valence-electron chi connectivity index (χ0n) is 10.7. The van der Waals surface area contributed by atoms with Crippen LogP contribution in [0, 0.1) is 5.92 Å². The molecule has 0 aromatic rings. The first-order chi connectivity index (χ1) is 7.61. The molecule has 1 saturated carbocycles. The molecule has 1 heterocycles. The predicted octanol–water partition coefficient (Wildman–Crippen LogP) is 4.68. The van der Waals surface area contributed by atoms with Gasteiger partial charge in [0, 0.05) is 4.83 Å². The summed E-state index contributed by atoms with van der Waals surface area (Å²) < 4.78 is 6.32. The molecule has 2 aliphatic rings. The third kappa shape index (κ3) is 3.01. The minimum atomic E-state index is 0.324. The minimum Gasteiger partial charge on any atom is -0.372 e. The van der Waals surface area contributed by atoms with E-state index in [1.54, 1.807) is 0 Å². The van der Waals surface area contributed by atoms with Crippen LogP contribution in [0.15, 0.2) is 0 Å². The second kappa shape index (κ2) is 5.39. The van der Waals surface area contributed by atoms with Crippen molar-refractivity contribution in [1.82, 2.24) is 0 Å². The lowest BCUT2D eigenvalue weighted by molar-refractivity contribution is -0.0395. The lowest BCUT2D eigenvalue weighted by Gasteiger charge is -2.24. The van der Waals surface area contributed by atoms with E-state index in [2.05, 4.69) is 29.8 Å². The molecule has 0 N–H and O–H groups in total. The van der Waals surface area contributed by atoms with Gasteiger partial charge in [-0.1, -0.05) is 42.6 Å². The Morgan fingerprint density at radius 3 is 2.56 bits per heavy atom. The lowest BCUT2D eigenvalue weighted by Crippen LogP contribution is -2.25. The molecule has 0 aromatic carbocycles. The Labute approximate surface area is 108 Å². The maximum absolute atomic E-state index is 6.32. The predicted molar refractivity (Wildman–Crippen MR) is 72.1 cm³/mol. The van der Waals surface area contributed by atoms with Gasteiger partial charge >= 0.3 is 0 Å². The van der Waals surface area contributed by atoms with Gasteiger partial charge in [-0.3, -0.25) is 0 Å². The van der Waals surface area contributed by atoms with Gasteiger partial charge in [-0.2, -0.15) is 0 Å². The summed E-state index contributed by atoms with van der Waals surface area (Å²) in [6, 6.07) is 0. The van der Waals surface area contributed by atoms with Crippen molar-refractivity contribution in [2.45, 2.75) is 81.7 Å². The first-order valence-corrected chi connectivity index (χ1v) is 7.85. The molecular formula is C14H25BrO. The van der Waals surface area contributed by atoms with Crippen LogP contribution in [0.1, 0.15) is 65.2 Å². The SMILES string of the molecule is CC(C)C(Br)CCC1CCC2(CCCC2)O1. The number of alkyl halides is 1. The third-order valence-corrected chi connectivity index (χ3v) is 5.86. The molecule has 2 rings (SSSR count). The molecule has 0 radical (unpaired) electrons. The Morgan fingerprint density at radius 2 is 1.94 bits per heavy atom. The zero-order chi connectivity index (χ0) is 11.6. The van der Waals surface area contributed by atoms with Crippen LogP contribution in [0.4, 0.5) is 0 Å².